The first kappa shape index (κ1) is 16.6. The van der Waals surface area contributed by atoms with Crippen molar-refractivity contribution in [3.8, 4) is 0 Å². The summed E-state index contributed by atoms with van der Waals surface area (Å²) >= 11 is 0. The molecule has 0 saturated heterocycles. The molecule has 3 nitrogen and oxygen atoms in total. The van der Waals surface area contributed by atoms with E-state index in [-0.39, 0.29) is 28.8 Å². The van der Waals surface area contributed by atoms with Crippen molar-refractivity contribution >= 4 is 5.97 Å². The maximum Gasteiger partial charge on any atom is 0.309 e. The minimum absolute atomic E-state index is 0.0116. The number of carbonyl (C=O) groups is 1. The van der Waals surface area contributed by atoms with E-state index in [9.17, 15) is 9.90 Å². The van der Waals surface area contributed by atoms with Gasteiger partial charge in [0.25, 0.3) is 0 Å². The molecule has 0 amide bonds. The van der Waals surface area contributed by atoms with Crippen molar-refractivity contribution < 1.29 is 14.6 Å². The van der Waals surface area contributed by atoms with Crippen LogP contribution in [0.2, 0.25) is 0 Å². The van der Waals surface area contributed by atoms with E-state index in [1.54, 1.807) is 0 Å². The molecule has 0 aromatic rings. The van der Waals surface area contributed by atoms with Crippen molar-refractivity contribution in [3.05, 3.63) is 11.6 Å². The number of aliphatic hydroxyl groups excluding tert-OH is 1. The molecule has 3 saturated carbocycles. The highest BCUT2D eigenvalue weighted by Crippen LogP contribution is 2.66. The van der Waals surface area contributed by atoms with E-state index in [1.165, 1.54) is 25.5 Å². The van der Waals surface area contributed by atoms with Crippen molar-refractivity contribution in [2.24, 2.45) is 34.5 Å². The van der Waals surface area contributed by atoms with Gasteiger partial charge in [0.15, 0.2) is 0 Å². The monoisotopic (exact) mass is 332 g/mol. The third-order valence-corrected chi connectivity index (χ3v) is 8.56. The smallest absolute Gasteiger partial charge is 0.309 e. The second kappa shape index (κ2) is 5.59. The lowest BCUT2D eigenvalue weighted by Crippen LogP contribution is -2.51. The molecule has 4 aliphatic rings. The summed E-state index contributed by atoms with van der Waals surface area (Å²) in [5.74, 6) is 2.21. The van der Waals surface area contributed by atoms with Crippen LogP contribution in [0.3, 0.4) is 0 Å². The van der Waals surface area contributed by atoms with Crippen molar-refractivity contribution in [1.82, 2.24) is 0 Å². The van der Waals surface area contributed by atoms with E-state index in [0.29, 0.717) is 11.8 Å². The van der Waals surface area contributed by atoms with Crippen molar-refractivity contribution in [1.29, 1.82) is 0 Å². The minimum Gasteiger partial charge on any atom is -0.469 e. The second-order valence-electron chi connectivity index (χ2n) is 9.35. The fourth-order valence-corrected chi connectivity index (χ4v) is 7.17. The molecule has 3 heteroatoms. The predicted molar refractivity (Wildman–Crippen MR) is 93.2 cm³/mol. The molecular weight excluding hydrogens is 300 g/mol. The molecular formula is C21H32O3. The Kier molecular flexibility index (Phi) is 3.87. The molecule has 0 unspecified atom stereocenters. The summed E-state index contributed by atoms with van der Waals surface area (Å²) in [6.45, 7) is 4.81. The molecule has 0 bridgehead atoms. The van der Waals surface area contributed by atoms with Gasteiger partial charge >= 0.3 is 5.97 Å². The van der Waals surface area contributed by atoms with Gasteiger partial charge < -0.3 is 9.84 Å². The molecule has 134 valence electrons. The number of hydrogen-bond acceptors (Lipinski definition) is 3. The Bertz CT molecular complexity index is 567. The number of carbonyl (C=O) groups excluding carboxylic acids is 1. The van der Waals surface area contributed by atoms with E-state index in [4.69, 9.17) is 4.74 Å². The summed E-state index contributed by atoms with van der Waals surface area (Å²) in [7, 11) is 1.54. The van der Waals surface area contributed by atoms with Crippen LogP contribution in [-0.4, -0.2) is 24.3 Å². The number of aliphatic hydroxyl groups is 1. The number of methoxy groups -OCH3 is 1. The van der Waals surface area contributed by atoms with Crippen LogP contribution in [0.15, 0.2) is 11.6 Å². The summed E-state index contributed by atoms with van der Waals surface area (Å²) in [4.78, 5) is 12.3. The summed E-state index contributed by atoms with van der Waals surface area (Å²) < 4.78 is 5.12. The highest BCUT2D eigenvalue weighted by molar-refractivity contribution is 5.73. The van der Waals surface area contributed by atoms with Crippen LogP contribution in [0.25, 0.3) is 0 Å². The van der Waals surface area contributed by atoms with Crippen LogP contribution in [0.4, 0.5) is 0 Å². The molecule has 24 heavy (non-hydrogen) atoms. The molecule has 0 spiro atoms. The number of allylic oxidation sites excluding steroid dienone is 1. The third kappa shape index (κ3) is 2.16. The van der Waals surface area contributed by atoms with Crippen LogP contribution in [0, 0.1) is 34.5 Å². The average molecular weight is 332 g/mol. The van der Waals surface area contributed by atoms with Gasteiger partial charge in [-0.15, -0.1) is 0 Å². The number of fused-ring (bicyclic) bond motifs is 5. The maximum atomic E-state index is 12.3. The van der Waals surface area contributed by atoms with E-state index < -0.39 is 0 Å². The topological polar surface area (TPSA) is 46.5 Å². The zero-order valence-corrected chi connectivity index (χ0v) is 15.4. The van der Waals surface area contributed by atoms with Gasteiger partial charge in [-0.2, -0.15) is 0 Å². The first-order valence-corrected chi connectivity index (χ1v) is 9.85. The summed E-state index contributed by atoms with van der Waals surface area (Å²) in [6, 6.07) is 0. The maximum absolute atomic E-state index is 12.3. The SMILES string of the molecule is COC(=O)[C@@H]1CC[C@@H]2[C@@H]3CC=C4C[C@H](O)CC[C@]4(C)[C@H]3CC[C@@]21C. The predicted octanol–water partition coefficient (Wildman–Crippen LogP) is 4.10. The summed E-state index contributed by atoms with van der Waals surface area (Å²) in [5, 5.41) is 10.1. The van der Waals surface area contributed by atoms with Gasteiger partial charge in [0.1, 0.15) is 0 Å². The number of esters is 1. The molecule has 1 N–H and O–H groups in total. The first-order valence-electron chi connectivity index (χ1n) is 9.85. The van der Waals surface area contributed by atoms with Gasteiger partial charge in [-0.25, -0.2) is 0 Å². The highest BCUT2D eigenvalue weighted by atomic mass is 16.5. The minimum atomic E-state index is -0.134. The lowest BCUT2D eigenvalue weighted by Gasteiger charge is -2.57. The molecule has 0 aromatic heterocycles. The Morgan fingerprint density at radius 3 is 2.71 bits per heavy atom. The molecule has 0 aliphatic heterocycles. The van der Waals surface area contributed by atoms with Gasteiger partial charge in [0.2, 0.25) is 0 Å². The molecule has 4 aliphatic carbocycles. The van der Waals surface area contributed by atoms with Crippen molar-refractivity contribution in [2.45, 2.75) is 71.3 Å². The molecule has 7 atom stereocenters. The molecule has 4 rings (SSSR count). The Hall–Kier alpha value is -0.830. The molecule has 3 fully saturated rings. The number of rotatable bonds is 1. The number of ether oxygens (including phenoxy) is 1. The fourth-order valence-electron chi connectivity index (χ4n) is 7.17. The number of hydrogen-bond donors (Lipinski definition) is 1. The summed E-state index contributed by atoms with van der Waals surface area (Å²) in [5.41, 5.74) is 1.94. The van der Waals surface area contributed by atoms with E-state index in [1.807, 2.05) is 0 Å². The van der Waals surface area contributed by atoms with Crippen LogP contribution in [-0.2, 0) is 9.53 Å². The van der Waals surface area contributed by atoms with Crippen LogP contribution in [0.5, 0.6) is 0 Å². The Morgan fingerprint density at radius 1 is 1.17 bits per heavy atom. The third-order valence-electron chi connectivity index (χ3n) is 8.56. The Morgan fingerprint density at radius 2 is 1.96 bits per heavy atom. The zero-order chi connectivity index (χ0) is 17.1. The van der Waals surface area contributed by atoms with Gasteiger partial charge in [0.05, 0.1) is 19.1 Å². The Labute approximate surface area is 145 Å². The average Bonchev–Trinajstić information content (AvgIpc) is 2.92. The quantitative estimate of drug-likeness (QED) is 0.581. The standard InChI is InChI=1S/C21H32O3/c1-20-10-8-14(22)12-13(20)4-5-15-16-6-7-18(19(23)24-3)21(16,2)11-9-17(15)20/h4,14-18,22H,5-12H2,1-3H3/t14-,15+,16-,17+,18+,20+,21+/m1/s1. The highest BCUT2D eigenvalue weighted by Gasteiger charge is 2.60. The van der Waals surface area contributed by atoms with Crippen LogP contribution >= 0.6 is 0 Å². The van der Waals surface area contributed by atoms with Crippen LogP contribution in [0.1, 0.15) is 65.2 Å². The van der Waals surface area contributed by atoms with E-state index >= 15 is 0 Å². The summed E-state index contributed by atoms with van der Waals surface area (Å²) in [6.07, 6.45) is 11.0. The lowest BCUT2D eigenvalue weighted by molar-refractivity contribution is -0.152. The van der Waals surface area contributed by atoms with Crippen molar-refractivity contribution in [2.75, 3.05) is 7.11 Å². The zero-order valence-electron chi connectivity index (χ0n) is 15.4. The lowest BCUT2D eigenvalue weighted by atomic mass is 9.47. The molecule has 0 heterocycles. The first-order chi connectivity index (χ1) is 11.4. The van der Waals surface area contributed by atoms with Crippen molar-refractivity contribution in [3.63, 3.8) is 0 Å². The molecule has 0 radical (unpaired) electrons. The van der Waals surface area contributed by atoms with Crippen LogP contribution < -0.4 is 0 Å². The Balaban J connectivity index is 1.64. The second-order valence-corrected chi connectivity index (χ2v) is 9.35. The molecule has 0 aromatic carbocycles. The largest absolute Gasteiger partial charge is 0.469 e. The van der Waals surface area contributed by atoms with E-state index in [2.05, 4.69) is 19.9 Å². The van der Waals surface area contributed by atoms with E-state index in [0.717, 1.165) is 44.4 Å². The van der Waals surface area contributed by atoms with Gasteiger partial charge in [0, 0.05) is 0 Å². The fraction of sp³-hybridized carbons (Fsp3) is 0.857. The van der Waals surface area contributed by atoms with Gasteiger partial charge in [-0.1, -0.05) is 25.5 Å². The van der Waals surface area contributed by atoms with Gasteiger partial charge in [-0.05, 0) is 80.0 Å². The van der Waals surface area contributed by atoms with Gasteiger partial charge in [-0.3, -0.25) is 4.79 Å². The normalized spacial score (nSPS) is 50.3.